The molecule has 3 rings (SSSR count). The van der Waals surface area contributed by atoms with Crippen LogP contribution < -0.4 is 14.8 Å². The van der Waals surface area contributed by atoms with E-state index in [0.717, 1.165) is 44.0 Å². The highest BCUT2D eigenvalue weighted by Gasteiger charge is 2.37. The van der Waals surface area contributed by atoms with Crippen LogP contribution >= 0.6 is 0 Å². The first kappa shape index (κ1) is 13.7. The molecule has 1 fully saturated rings. The first-order valence-electron chi connectivity index (χ1n) is 7.33. The maximum absolute atomic E-state index is 5.44. The zero-order valence-electron chi connectivity index (χ0n) is 12.7. The standard InChI is InChI=1S/C16H24N2O2/c1-18-7-6-17-16(11-18)5-4-12-8-14(19-2)15(20-3)9-13(12)10-16/h8-9,17H,4-7,10-11H2,1-3H3. The molecule has 4 nitrogen and oxygen atoms in total. The van der Waals surface area contributed by atoms with Crippen LogP contribution in [0.3, 0.4) is 0 Å². The molecule has 1 aromatic carbocycles. The van der Waals surface area contributed by atoms with Gasteiger partial charge in [-0.3, -0.25) is 0 Å². The fraction of sp³-hybridized carbons (Fsp3) is 0.625. The number of fused-ring (bicyclic) bond motifs is 1. The van der Waals surface area contributed by atoms with Gasteiger partial charge in [0.25, 0.3) is 0 Å². The Labute approximate surface area is 121 Å². The lowest BCUT2D eigenvalue weighted by Gasteiger charge is -2.45. The van der Waals surface area contributed by atoms with Crippen LogP contribution in [0.5, 0.6) is 11.5 Å². The number of benzene rings is 1. The highest BCUT2D eigenvalue weighted by atomic mass is 16.5. The van der Waals surface area contributed by atoms with Gasteiger partial charge in [0, 0.05) is 25.2 Å². The Morgan fingerprint density at radius 2 is 1.85 bits per heavy atom. The van der Waals surface area contributed by atoms with Crippen LogP contribution in [-0.4, -0.2) is 51.3 Å². The van der Waals surface area contributed by atoms with Crippen molar-refractivity contribution in [2.45, 2.75) is 24.8 Å². The molecule has 1 aliphatic carbocycles. The van der Waals surface area contributed by atoms with Gasteiger partial charge in [0.1, 0.15) is 0 Å². The molecule has 110 valence electrons. The van der Waals surface area contributed by atoms with Crippen molar-refractivity contribution in [3.05, 3.63) is 23.3 Å². The topological polar surface area (TPSA) is 33.7 Å². The number of nitrogens with zero attached hydrogens (tertiary/aromatic N) is 1. The number of ether oxygens (including phenoxy) is 2. The molecular weight excluding hydrogens is 252 g/mol. The Morgan fingerprint density at radius 1 is 1.15 bits per heavy atom. The minimum atomic E-state index is 0.236. The zero-order chi connectivity index (χ0) is 14.2. The van der Waals surface area contributed by atoms with E-state index in [-0.39, 0.29) is 5.54 Å². The predicted octanol–water partition coefficient (Wildman–Crippen LogP) is 1.47. The Balaban J connectivity index is 1.90. The van der Waals surface area contributed by atoms with E-state index in [0.29, 0.717) is 0 Å². The summed E-state index contributed by atoms with van der Waals surface area (Å²) in [5.41, 5.74) is 3.04. The van der Waals surface area contributed by atoms with E-state index in [1.165, 1.54) is 17.5 Å². The van der Waals surface area contributed by atoms with E-state index in [4.69, 9.17) is 9.47 Å². The maximum atomic E-state index is 5.44. The summed E-state index contributed by atoms with van der Waals surface area (Å²) in [5.74, 6) is 1.68. The molecular formula is C16H24N2O2. The summed E-state index contributed by atoms with van der Waals surface area (Å²) in [6.45, 7) is 3.35. The summed E-state index contributed by atoms with van der Waals surface area (Å²) < 4.78 is 10.9. The average Bonchev–Trinajstić information content (AvgIpc) is 2.45. The van der Waals surface area contributed by atoms with E-state index >= 15 is 0 Å². The number of likely N-dealkylation sites (N-methyl/N-ethyl adjacent to an activating group) is 1. The van der Waals surface area contributed by atoms with Crippen LogP contribution in [0.4, 0.5) is 0 Å². The number of hydrogen-bond acceptors (Lipinski definition) is 4. The lowest BCUT2D eigenvalue weighted by Crippen LogP contribution is -2.61. The van der Waals surface area contributed by atoms with Gasteiger partial charge in [-0.1, -0.05) is 0 Å². The number of piperazine rings is 1. The van der Waals surface area contributed by atoms with Gasteiger partial charge in [0.2, 0.25) is 0 Å². The number of aryl methyl sites for hydroxylation is 1. The molecule has 1 N–H and O–H groups in total. The number of nitrogens with one attached hydrogen (secondary N) is 1. The van der Waals surface area contributed by atoms with Crippen molar-refractivity contribution in [1.82, 2.24) is 10.2 Å². The third-order valence-electron chi connectivity index (χ3n) is 4.67. The summed E-state index contributed by atoms with van der Waals surface area (Å²) in [5, 5.41) is 3.76. The SMILES string of the molecule is COc1cc2c(cc1OC)CC1(CC2)CN(C)CCN1. The number of methoxy groups -OCH3 is 2. The molecule has 20 heavy (non-hydrogen) atoms. The summed E-state index contributed by atoms with van der Waals surface area (Å²) in [4.78, 5) is 2.43. The van der Waals surface area contributed by atoms with E-state index in [9.17, 15) is 0 Å². The summed E-state index contributed by atoms with van der Waals surface area (Å²) in [6.07, 6.45) is 3.38. The molecule has 0 amide bonds. The lowest BCUT2D eigenvalue weighted by atomic mass is 9.76. The molecule has 2 aliphatic rings. The van der Waals surface area contributed by atoms with Crippen molar-refractivity contribution in [2.75, 3.05) is 40.9 Å². The van der Waals surface area contributed by atoms with Gasteiger partial charge in [-0.05, 0) is 49.6 Å². The van der Waals surface area contributed by atoms with Crippen molar-refractivity contribution in [3.8, 4) is 11.5 Å². The van der Waals surface area contributed by atoms with Gasteiger partial charge >= 0.3 is 0 Å². The highest BCUT2D eigenvalue weighted by molar-refractivity contribution is 5.49. The predicted molar refractivity (Wildman–Crippen MR) is 79.8 cm³/mol. The molecule has 1 atom stereocenters. The van der Waals surface area contributed by atoms with Gasteiger partial charge in [-0.15, -0.1) is 0 Å². The molecule has 0 radical (unpaired) electrons. The Bertz CT molecular complexity index is 503. The summed E-state index contributed by atoms with van der Waals surface area (Å²) in [6, 6.07) is 4.30. The smallest absolute Gasteiger partial charge is 0.161 e. The van der Waals surface area contributed by atoms with E-state index in [2.05, 4.69) is 29.4 Å². The van der Waals surface area contributed by atoms with Crippen molar-refractivity contribution in [2.24, 2.45) is 0 Å². The molecule has 1 spiro atoms. The van der Waals surface area contributed by atoms with Crippen LogP contribution in [0.25, 0.3) is 0 Å². The monoisotopic (exact) mass is 276 g/mol. The minimum Gasteiger partial charge on any atom is -0.493 e. The zero-order valence-corrected chi connectivity index (χ0v) is 12.7. The second-order valence-corrected chi connectivity index (χ2v) is 6.10. The van der Waals surface area contributed by atoms with Gasteiger partial charge in [0.05, 0.1) is 14.2 Å². The second kappa shape index (κ2) is 5.26. The highest BCUT2D eigenvalue weighted by Crippen LogP contribution is 2.37. The molecule has 0 saturated carbocycles. The average molecular weight is 276 g/mol. The fourth-order valence-electron chi connectivity index (χ4n) is 3.64. The summed E-state index contributed by atoms with van der Waals surface area (Å²) >= 11 is 0. The largest absolute Gasteiger partial charge is 0.493 e. The third kappa shape index (κ3) is 2.38. The van der Waals surface area contributed by atoms with Crippen LogP contribution in [-0.2, 0) is 12.8 Å². The van der Waals surface area contributed by atoms with Crippen LogP contribution in [0, 0.1) is 0 Å². The van der Waals surface area contributed by atoms with Gasteiger partial charge < -0.3 is 19.7 Å². The van der Waals surface area contributed by atoms with Crippen molar-refractivity contribution in [3.63, 3.8) is 0 Å². The first-order chi connectivity index (χ1) is 9.65. The molecule has 1 aliphatic heterocycles. The Morgan fingerprint density at radius 3 is 2.50 bits per heavy atom. The van der Waals surface area contributed by atoms with Crippen molar-refractivity contribution < 1.29 is 9.47 Å². The Kier molecular flexibility index (Phi) is 3.61. The Hall–Kier alpha value is -1.26. The van der Waals surface area contributed by atoms with E-state index in [1.54, 1.807) is 14.2 Å². The number of rotatable bonds is 2. The van der Waals surface area contributed by atoms with Crippen LogP contribution in [0.1, 0.15) is 17.5 Å². The quantitative estimate of drug-likeness (QED) is 0.887. The molecule has 1 heterocycles. The fourth-order valence-corrected chi connectivity index (χ4v) is 3.64. The molecule has 0 aromatic heterocycles. The minimum absolute atomic E-state index is 0.236. The maximum Gasteiger partial charge on any atom is 0.161 e. The van der Waals surface area contributed by atoms with Crippen LogP contribution in [0.2, 0.25) is 0 Å². The normalized spacial score (nSPS) is 26.4. The van der Waals surface area contributed by atoms with Crippen molar-refractivity contribution in [1.29, 1.82) is 0 Å². The van der Waals surface area contributed by atoms with E-state index in [1.807, 2.05) is 0 Å². The molecule has 4 heteroatoms. The molecule has 1 aromatic rings. The first-order valence-corrected chi connectivity index (χ1v) is 7.33. The lowest BCUT2D eigenvalue weighted by molar-refractivity contribution is 0.141. The van der Waals surface area contributed by atoms with Gasteiger partial charge in [0.15, 0.2) is 11.5 Å². The number of hydrogen-bond donors (Lipinski definition) is 1. The van der Waals surface area contributed by atoms with Crippen LogP contribution in [0.15, 0.2) is 12.1 Å². The molecule has 0 bridgehead atoms. The molecule has 1 unspecified atom stereocenters. The van der Waals surface area contributed by atoms with E-state index < -0.39 is 0 Å². The third-order valence-corrected chi connectivity index (χ3v) is 4.67. The summed E-state index contributed by atoms with van der Waals surface area (Å²) in [7, 11) is 5.62. The molecule has 1 saturated heterocycles. The van der Waals surface area contributed by atoms with Gasteiger partial charge in [-0.25, -0.2) is 0 Å². The second-order valence-electron chi connectivity index (χ2n) is 6.10. The van der Waals surface area contributed by atoms with Gasteiger partial charge in [-0.2, -0.15) is 0 Å². The van der Waals surface area contributed by atoms with Crippen molar-refractivity contribution >= 4 is 0 Å².